The van der Waals surface area contributed by atoms with Gasteiger partial charge in [0, 0.05) is 31.7 Å². The lowest BCUT2D eigenvalue weighted by molar-refractivity contribution is 0.0991. The van der Waals surface area contributed by atoms with E-state index in [0.29, 0.717) is 34.5 Å². The van der Waals surface area contributed by atoms with Gasteiger partial charge in [-0.15, -0.1) is 0 Å². The van der Waals surface area contributed by atoms with Crippen LogP contribution in [0, 0.1) is 0 Å². The topological polar surface area (TPSA) is 133 Å². The number of methoxy groups -OCH3 is 1. The highest BCUT2D eigenvalue weighted by molar-refractivity contribution is 6.09. The number of anilines is 2. The Morgan fingerprint density at radius 3 is 2.51 bits per heavy atom. The minimum atomic E-state index is -0.643. The lowest BCUT2D eigenvalue weighted by atomic mass is 9.85. The second-order valence-corrected chi connectivity index (χ2v) is 9.53. The van der Waals surface area contributed by atoms with E-state index >= 15 is 0 Å². The summed E-state index contributed by atoms with van der Waals surface area (Å²) in [5, 5.41) is 6.59. The van der Waals surface area contributed by atoms with Crippen LogP contribution in [0.15, 0.2) is 48.7 Å². The number of amides is 2. The van der Waals surface area contributed by atoms with Gasteiger partial charge in [0.05, 0.1) is 23.9 Å². The van der Waals surface area contributed by atoms with Gasteiger partial charge in [-0.25, -0.2) is 4.98 Å². The molecule has 0 aliphatic carbocycles. The number of para-hydroxylation sites is 1. The van der Waals surface area contributed by atoms with Crippen molar-refractivity contribution in [2.24, 2.45) is 12.8 Å². The molecule has 0 fully saturated rings. The van der Waals surface area contributed by atoms with Gasteiger partial charge in [-0.3, -0.25) is 9.59 Å². The average Bonchev–Trinajstić information content (AvgIpc) is 3.20. The number of carbonyl (C=O) groups is 2. The fourth-order valence-electron chi connectivity index (χ4n) is 4.06. The average molecular weight is 503 g/mol. The van der Waals surface area contributed by atoms with Gasteiger partial charge in [0.25, 0.3) is 11.8 Å². The third kappa shape index (κ3) is 5.04. The number of rotatable bonds is 7. The number of nitrogens with one attached hydrogen (secondary N) is 2. The molecule has 2 aromatic heterocycles. The van der Waals surface area contributed by atoms with Crippen LogP contribution >= 0.6 is 0 Å². The van der Waals surface area contributed by atoms with Gasteiger partial charge in [-0.2, -0.15) is 4.98 Å². The number of hydrogen-bond donors (Lipinski definition) is 3. The summed E-state index contributed by atoms with van der Waals surface area (Å²) in [6.07, 6.45) is 1.59. The van der Waals surface area contributed by atoms with Crippen LogP contribution in [0.25, 0.3) is 10.9 Å². The first-order valence-corrected chi connectivity index (χ1v) is 11.6. The molecule has 0 saturated carbocycles. The number of aromatic nitrogens is 3. The first kappa shape index (κ1) is 25.5. The summed E-state index contributed by atoms with van der Waals surface area (Å²) in [6, 6.07) is 12.5. The van der Waals surface area contributed by atoms with Crippen molar-refractivity contribution in [3.8, 4) is 17.4 Å². The molecule has 4 N–H and O–H groups in total. The fourth-order valence-corrected chi connectivity index (χ4v) is 4.06. The molecule has 0 saturated heterocycles. The van der Waals surface area contributed by atoms with E-state index in [-0.39, 0.29) is 22.6 Å². The molecular formula is C27H30N6O4. The summed E-state index contributed by atoms with van der Waals surface area (Å²) in [6.45, 7) is 6.02. The van der Waals surface area contributed by atoms with E-state index in [4.69, 9.17) is 15.2 Å². The van der Waals surface area contributed by atoms with Crippen molar-refractivity contribution >= 4 is 34.4 Å². The summed E-state index contributed by atoms with van der Waals surface area (Å²) in [4.78, 5) is 34.1. The molecule has 0 radical (unpaired) electrons. The second-order valence-electron chi connectivity index (χ2n) is 9.53. The maximum Gasteiger partial charge on any atom is 0.272 e. The SMILES string of the molecule is CNc1nccc(Oc2cccc3cc(C(=O)Nc4cc(C(C)(C)C)cc(C(N)=O)c4OC)n(C)c23)n1. The van der Waals surface area contributed by atoms with Crippen LogP contribution in [0.1, 0.15) is 47.2 Å². The van der Waals surface area contributed by atoms with E-state index in [0.717, 1.165) is 10.9 Å². The van der Waals surface area contributed by atoms with Crippen LogP contribution in [-0.4, -0.2) is 40.5 Å². The van der Waals surface area contributed by atoms with Gasteiger partial charge in [-0.05, 0) is 35.2 Å². The van der Waals surface area contributed by atoms with E-state index in [1.54, 1.807) is 55.2 Å². The van der Waals surface area contributed by atoms with Crippen LogP contribution < -0.4 is 25.8 Å². The Labute approximate surface area is 214 Å². The van der Waals surface area contributed by atoms with E-state index < -0.39 is 5.91 Å². The molecular weight excluding hydrogens is 472 g/mol. The molecule has 2 heterocycles. The maximum absolute atomic E-state index is 13.5. The minimum absolute atomic E-state index is 0.198. The number of nitrogens with two attached hydrogens (primary N) is 1. The Hall–Kier alpha value is -4.60. The molecule has 0 atom stereocenters. The number of nitrogens with zero attached hydrogens (tertiary/aromatic N) is 3. The Balaban J connectivity index is 1.74. The van der Waals surface area contributed by atoms with Crippen molar-refractivity contribution in [1.82, 2.24) is 14.5 Å². The van der Waals surface area contributed by atoms with E-state index in [1.165, 1.54) is 7.11 Å². The normalized spacial score (nSPS) is 11.3. The zero-order valence-corrected chi connectivity index (χ0v) is 21.7. The lowest BCUT2D eigenvalue weighted by Crippen LogP contribution is -2.21. The van der Waals surface area contributed by atoms with Crippen LogP contribution in [0.3, 0.4) is 0 Å². The summed E-state index contributed by atoms with van der Waals surface area (Å²) < 4.78 is 13.3. The maximum atomic E-state index is 13.5. The number of hydrogen-bond acceptors (Lipinski definition) is 7. The molecule has 4 aromatic rings. The summed E-state index contributed by atoms with van der Waals surface area (Å²) in [7, 11) is 4.93. The standard InChI is InChI=1S/C27H30N6O4/c1-27(2,3)16-13-17(24(28)34)23(36-6)18(14-16)31-25(35)19-12-15-8-7-9-20(22(15)33(19)5)37-21-10-11-30-26(29-4)32-21/h7-14H,1-6H3,(H2,28,34)(H,31,35)(H,29,30,32). The van der Waals surface area contributed by atoms with Crippen molar-refractivity contribution in [3.63, 3.8) is 0 Å². The van der Waals surface area contributed by atoms with Crippen molar-refractivity contribution < 1.29 is 19.1 Å². The Morgan fingerprint density at radius 1 is 1.11 bits per heavy atom. The zero-order chi connectivity index (χ0) is 26.9. The van der Waals surface area contributed by atoms with E-state index in [1.807, 2.05) is 32.9 Å². The van der Waals surface area contributed by atoms with Crippen molar-refractivity contribution in [2.45, 2.75) is 26.2 Å². The molecule has 0 aliphatic rings. The quantitative estimate of drug-likeness (QED) is 0.340. The molecule has 0 aliphatic heterocycles. The number of carbonyl (C=O) groups excluding carboxylic acids is 2. The van der Waals surface area contributed by atoms with Gasteiger partial charge in [0.2, 0.25) is 11.8 Å². The summed E-state index contributed by atoms with van der Waals surface area (Å²) >= 11 is 0. The van der Waals surface area contributed by atoms with Crippen LogP contribution in [0.5, 0.6) is 17.4 Å². The monoisotopic (exact) mass is 502 g/mol. The fraction of sp³-hybridized carbons (Fsp3) is 0.259. The first-order valence-electron chi connectivity index (χ1n) is 11.6. The second kappa shape index (κ2) is 9.81. The molecule has 10 nitrogen and oxygen atoms in total. The Bertz CT molecular complexity index is 1500. The largest absolute Gasteiger partial charge is 0.494 e. The summed E-state index contributed by atoms with van der Waals surface area (Å²) in [5.74, 6) is 0.504. The number of aryl methyl sites for hydroxylation is 1. The molecule has 192 valence electrons. The van der Waals surface area contributed by atoms with Crippen LogP contribution in [0.4, 0.5) is 11.6 Å². The molecule has 4 rings (SSSR count). The minimum Gasteiger partial charge on any atom is -0.494 e. The highest BCUT2D eigenvalue weighted by Gasteiger charge is 2.24. The predicted octanol–water partition coefficient (Wildman–Crippen LogP) is 4.46. The number of primary amides is 1. The van der Waals surface area contributed by atoms with Gasteiger partial charge < -0.3 is 30.4 Å². The highest BCUT2D eigenvalue weighted by atomic mass is 16.5. The number of ether oxygens (including phenoxy) is 2. The van der Waals surface area contributed by atoms with Gasteiger partial charge in [-0.1, -0.05) is 32.9 Å². The number of fused-ring (bicyclic) bond motifs is 1. The van der Waals surface area contributed by atoms with Crippen molar-refractivity contribution in [1.29, 1.82) is 0 Å². The van der Waals surface area contributed by atoms with E-state index in [9.17, 15) is 9.59 Å². The highest BCUT2D eigenvalue weighted by Crippen LogP contribution is 2.36. The summed E-state index contributed by atoms with van der Waals surface area (Å²) in [5.41, 5.74) is 7.81. The molecule has 10 heteroatoms. The molecule has 2 amide bonds. The van der Waals surface area contributed by atoms with Crippen LogP contribution in [0.2, 0.25) is 0 Å². The Morgan fingerprint density at radius 2 is 1.86 bits per heavy atom. The third-order valence-electron chi connectivity index (χ3n) is 5.99. The van der Waals surface area contributed by atoms with Gasteiger partial charge in [0.15, 0.2) is 11.5 Å². The Kier molecular flexibility index (Phi) is 6.76. The van der Waals surface area contributed by atoms with Gasteiger partial charge >= 0.3 is 0 Å². The molecule has 2 aromatic carbocycles. The number of benzene rings is 2. The van der Waals surface area contributed by atoms with E-state index in [2.05, 4.69) is 20.6 Å². The zero-order valence-electron chi connectivity index (χ0n) is 21.7. The molecule has 37 heavy (non-hydrogen) atoms. The van der Waals surface area contributed by atoms with Crippen molar-refractivity contribution in [3.05, 3.63) is 65.5 Å². The molecule has 0 spiro atoms. The van der Waals surface area contributed by atoms with Gasteiger partial charge in [0.1, 0.15) is 5.69 Å². The predicted molar refractivity (Wildman–Crippen MR) is 143 cm³/mol. The first-order chi connectivity index (χ1) is 17.5. The molecule has 0 bridgehead atoms. The van der Waals surface area contributed by atoms with Crippen LogP contribution in [-0.2, 0) is 12.5 Å². The third-order valence-corrected chi connectivity index (χ3v) is 5.99. The smallest absolute Gasteiger partial charge is 0.272 e. The molecule has 0 unspecified atom stereocenters. The lowest BCUT2D eigenvalue weighted by Gasteiger charge is -2.23. The van der Waals surface area contributed by atoms with Crippen molar-refractivity contribution in [2.75, 3.05) is 24.8 Å².